The number of hydrogen-bond donors (Lipinski definition) is 4. The number of aliphatic hydroxyl groups is 2. The molecule has 0 aromatic carbocycles. The van der Waals surface area contributed by atoms with Gasteiger partial charge in [0.1, 0.15) is 11.9 Å². The maximum absolute atomic E-state index is 10.6. The summed E-state index contributed by atoms with van der Waals surface area (Å²) >= 11 is 0. The van der Waals surface area contributed by atoms with E-state index in [1.165, 1.54) is 18.3 Å². The number of carbonyl (C=O) groups is 1. The molecule has 6 heteroatoms. The molecule has 6 N–H and O–H groups in total. The molecule has 2 unspecified atom stereocenters. The molecule has 0 radical (unpaired) electrons. The number of aliphatic hydroxyl groups excluding tert-OH is 2. The van der Waals surface area contributed by atoms with Crippen LogP contribution in [0.4, 0.5) is 5.82 Å². The fourth-order valence-electron chi connectivity index (χ4n) is 1.01. The van der Waals surface area contributed by atoms with Crippen LogP contribution in [0.1, 0.15) is 11.7 Å². The molecule has 6 nitrogen and oxygen atoms in total. The molecule has 1 aromatic heterocycles. The van der Waals surface area contributed by atoms with Crippen LogP contribution < -0.4 is 11.5 Å². The Kier molecular flexibility index (Phi) is 3.00. The Balaban J connectivity index is 2.94. The SMILES string of the molecule is NC(=O)C(O)C(O)c1cccnc1N. The Morgan fingerprint density at radius 1 is 1.50 bits per heavy atom. The molecule has 1 amide bonds. The number of nitrogens with two attached hydrogens (primary N) is 2. The summed E-state index contributed by atoms with van der Waals surface area (Å²) in [6.07, 6.45) is -1.69. The molecule has 0 spiro atoms. The summed E-state index contributed by atoms with van der Waals surface area (Å²) in [6.45, 7) is 0. The molecule has 76 valence electrons. The summed E-state index contributed by atoms with van der Waals surface area (Å²) in [5.74, 6) is -0.957. The first-order valence-corrected chi connectivity index (χ1v) is 3.90. The summed E-state index contributed by atoms with van der Waals surface area (Å²) < 4.78 is 0. The fraction of sp³-hybridized carbons (Fsp3) is 0.250. The van der Waals surface area contributed by atoms with Crippen LogP contribution in [0.15, 0.2) is 18.3 Å². The van der Waals surface area contributed by atoms with Gasteiger partial charge in [0, 0.05) is 11.8 Å². The lowest BCUT2D eigenvalue weighted by Gasteiger charge is -2.15. The highest BCUT2D eigenvalue weighted by Crippen LogP contribution is 2.20. The van der Waals surface area contributed by atoms with Crippen molar-refractivity contribution in [3.05, 3.63) is 23.9 Å². The molecular weight excluding hydrogens is 186 g/mol. The van der Waals surface area contributed by atoms with E-state index in [1.54, 1.807) is 0 Å². The highest BCUT2D eigenvalue weighted by Gasteiger charge is 2.25. The summed E-state index contributed by atoms with van der Waals surface area (Å²) in [5.41, 5.74) is 10.4. The summed E-state index contributed by atoms with van der Waals surface area (Å²) in [4.78, 5) is 14.3. The molecule has 0 aliphatic rings. The summed E-state index contributed by atoms with van der Waals surface area (Å²) in [6, 6.07) is 2.99. The number of hydrogen-bond acceptors (Lipinski definition) is 5. The van der Waals surface area contributed by atoms with Crippen LogP contribution in [0.2, 0.25) is 0 Å². The molecule has 1 heterocycles. The van der Waals surface area contributed by atoms with Crippen LogP contribution in [0, 0.1) is 0 Å². The minimum Gasteiger partial charge on any atom is -0.385 e. The molecule has 0 fully saturated rings. The van der Waals surface area contributed by atoms with Crippen LogP contribution in [0.3, 0.4) is 0 Å². The maximum atomic E-state index is 10.6. The lowest BCUT2D eigenvalue weighted by molar-refractivity contribution is -0.131. The minimum absolute atomic E-state index is 0.0558. The first kappa shape index (κ1) is 10.4. The van der Waals surface area contributed by atoms with Crippen LogP contribution in [-0.2, 0) is 4.79 Å². The Morgan fingerprint density at radius 2 is 2.14 bits per heavy atom. The van der Waals surface area contributed by atoms with Crippen molar-refractivity contribution < 1.29 is 15.0 Å². The third kappa shape index (κ3) is 1.98. The van der Waals surface area contributed by atoms with E-state index in [1.807, 2.05) is 0 Å². The zero-order chi connectivity index (χ0) is 10.7. The van der Waals surface area contributed by atoms with Gasteiger partial charge in [0.25, 0.3) is 0 Å². The maximum Gasteiger partial charge on any atom is 0.249 e. The topological polar surface area (TPSA) is 122 Å². The second-order valence-electron chi connectivity index (χ2n) is 2.77. The normalized spacial score (nSPS) is 14.7. The van der Waals surface area contributed by atoms with Gasteiger partial charge < -0.3 is 21.7 Å². The van der Waals surface area contributed by atoms with E-state index in [0.29, 0.717) is 0 Å². The van der Waals surface area contributed by atoms with Crippen molar-refractivity contribution >= 4 is 11.7 Å². The third-order valence-electron chi connectivity index (χ3n) is 1.78. The van der Waals surface area contributed by atoms with Gasteiger partial charge in [-0.05, 0) is 6.07 Å². The van der Waals surface area contributed by atoms with E-state index in [2.05, 4.69) is 4.98 Å². The average molecular weight is 197 g/mol. The molecule has 2 atom stereocenters. The predicted octanol–water partition coefficient (Wildman–Crippen LogP) is -1.46. The van der Waals surface area contributed by atoms with Gasteiger partial charge in [-0.15, -0.1) is 0 Å². The molecule has 0 saturated heterocycles. The van der Waals surface area contributed by atoms with Crippen molar-refractivity contribution in [3.8, 4) is 0 Å². The van der Waals surface area contributed by atoms with Crippen LogP contribution in [-0.4, -0.2) is 27.2 Å². The van der Waals surface area contributed by atoms with Crippen LogP contribution >= 0.6 is 0 Å². The first-order chi connectivity index (χ1) is 6.54. The summed E-state index contributed by atoms with van der Waals surface area (Å²) in [5, 5.41) is 18.6. The zero-order valence-corrected chi connectivity index (χ0v) is 7.29. The highest BCUT2D eigenvalue weighted by atomic mass is 16.3. The number of rotatable bonds is 3. The quantitative estimate of drug-likeness (QED) is 0.471. The molecule has 0 bridgehead atoms. The summed E-state index contributed by atoms with van der Waals surface area (Å²) in [7, 11) is 0. The average Bonchev–Trinajstić information content (AvgIpc) is 2.16. The van der Waals surface area contributed by atoms with Crippen LogP contribution in [0.5, 0.6) is 0 Å². The molecular formula is C8H11N3O3. The van der Waals surface area contributed by atoms with Gasteiger partial charge in [0.2, 0.25) is 5.91 Å². The lowest BCUT2D eigenvalue weighted by Crippen LogP contribution is -2.34. The van der Waals surface area contributed by atoms with Gasteiger partial charge in [0.05, 0.1) is 0 Å². The standard InChI is InChI=1S/C8H11N3O3/c9-7-4(2-1-3-11-7)5(12)6(13)8(10)14/h1-3,5-6,12-13H,(H2,9,11)(H2,10,14). The number of carbonyl (C=O) groups excluding carboxylic acids is 1. The van der Waals surface area contributed by atoms with Crippen molar-refractivity contribution in [1.29, 1.82) is 0 Å². The second kappa shape index (κ2) is 4.03. The molecule has 14 heavy (non-hydrogen) atoms. The molecule has 1 rings (SSSR count). The Morgan fingerprint density at radius 3 is 2.64 bits per heavy atom. The molecule has 0 aliphatic heterocycles. The first-order valence-electron chi connectivity index (χ1n) is 3.90. The van der Waals surface area contributed by atoms with Gasteiger partial charge in [-0.2, -0.15) is 0 Å². The molecule has 0 aliphatic carbocycles. The van der Waals surface area contributed by atoms with E-state index in [9.17, 15) is 9.90 Å². The monoisotopic (exact) mass is 197 g/mol. The Hall–Kier alpha value is -1.66. The van der Waals surface area contributed by atoms with Crippen molar-refractivity contribution in [1.82, 2.24) is 4.98 Å². The van der Waals surface area contributed by atoms with E-state index < -0.39 is 18.1 Å². The Bertz CT molecular complexity index is 342. The minimum atomic E-state index is -1.68. The van der Waals surface area contributed by atoms with E-state index in [4.69, 9.17) is 16.6 Å². The van der Waals surface area contributed by atoms with Crippen molar-refractivity contribution in [2.45, 2.75) is 12.2 Å². The van der Waals surface area contributed by atoms with Gasteiger partial charge in [-0.25, -0.2) is 4.98 Å². The van der Waals surface area contributed by atoms with Crippen molar-refractivity contribution in [2.24, 2.45) is 5.73 Å². The number of anilines is 1. The lowest BCUT2D eigenvalue weighted by atomic mass is 10.1. The van der Waals surface area contributed by atoms with Gasteiger partial charge >= 0.3 is 0 Å². The van der Waals surface area contributed by atoms with Gasteiger partial charge in [-0.1, -0.05) is 6.07 Å². The van der Waals surface area contributed by atoms with E-state index in [-0.39, 0.29) is 11.4 Å². The number of primary amides is 1. The molecule has 1 aromatic rings. The Labute approximate surface area is 80.2 Å². The number of aromatic nitrogens is 1. The largest absolute Gasteiger partial charge is 0.385 e. The number of nitrogen functional groups attached to an aromatic ring is 1. The fourth-order valence-corrected chi connectivity index (χ4v) is 1.01. The van der Waals surface area contributed by atoms with Crippen molar-refractivity contribution in [2.75, 3.05) is 5.73 Å². The third-order valence-corrected chi connectivity index (χ3v) is 1.78. The number of nitrogens with zero attached hydrogens (tertiary/aromatic N) is 1. The number of amides is 1. The zero-order valence-electron chi connectivity index (χ0n) is 7.29. The van der Waals surface area contributed by atoms with E-state index >= 15 is 0 Å². The van der Waals surface area contributed by atoms with Crippen molar-refractivity contribution in [3.63, 3.8) is 0 Å². The van der Waals surface area contributed by atoms with Gasteiger partial charge in [-0.3, -0.25) is 4.79 Å². The van der Waals surface area contributed by atoms with Gasteiger partial charge in [0.15, 0.2) is 6.10 Å². The number of pyridine rings is 1. The van der Waals surface area contributed by atoms with E-state index in [0.717, 1.165) is 0 Å². The predicted molar refractivity (Wildman–Crippen MR) is 48.8 cm³/mol. The second-order valence-corrected chi connectivity index (χ2v) is 2.77. The highest BCUT2D eigenvalue weighted by molar-refractivity contribution is 5.79. The van der Waals surface area contributed by atoms with Crippen LogP contribution in [0.25, 0.3) is 0 Å². The smallest absolute Gasteiger partial charge is 0.249 e. The molecule has 0 saturated carbocycles.